The van der Waals surface area contributed by atoms with Crippen molar-refractivity contribution in [2.75, 3.05) is 0 Å². The van der Waals surface area contributed by atoms with Crippen molar-refractivity contribution in [3.63, 3.8) is 0 Å². The van der Waals surface area contributed by atoms with Crippen LogP contribution < -0.4 is 0 Å². The van der Waals surface area contributed by atoms with Crippen LogP contribution in [0.15, 0.2) is 11.6 Å². The van der Waals surface area contributed by atoms with E-state index >= 15 is 0 Å². The maximum absolute atomic E-state index is 13.2. The van der Waals surface area contributed by atoms with Crippen molar-refractivity contribution in [1.82, 2.24) is 0 Å². The third kappa shape index (κ3) is 3.85. The van der Waals surface area contributed by atoms with Gasteiger partial charge in [-0.15, -0.1) is 0 Å². The Morgan fingerprint density at radius 2 is 1.79 bits per heavy atom. The molecule has 0 amide bonds. The van der Waals surface area contributed by atoms with Gasteiger partial charge in [-0.2, -0.15) is 0 Å². The van der Waals surface area contributed by atoms with Crippen molar-refractivity contribution in [3.05, 3.63) is 11.6 Å². The highest BCUT2D eigenvalue weighted by Crippen LogP contribution is 2.68. The van der Waals surface area contributed by atoms with Gasteiger partial charge in [0, 0.05) is 11.3 Å². The predicted octanol–water partition coefficient (Wildman–Crippen LogP) is 2.74. The molecule has 5 N–H and O–H groups in total. The Morgan fingerprint density at radius 3 is 2.42 bits per heavy atom. The van der Waals surface area contributed by atoms with Crippen molar-refractivity contribution in [3.8, 4) is 0 Å². The highest BCUT2D eigenvalue weighted by molar-refractivity contribution is 5.95. The number of carbonyl (C=O) groups is 1. The number of hydrogen-bond donors (Lipinski definition) is 5. The molecule has 0 saturated heterocycles. The summed E-state index contributed by atoms with van der Waals surface area (Å²) in [6.45, 7) is 9.74. The lowest BCUT2D eigenvalue weighted by Gasteiger charge is -2.60. The van der Waals surface area contributed by atoms with Gasteiger partial charge >= 0.3 is 0 Å². The SMILES string of the molecule is C[C@H](C(O)CCC(C)(C)O)[C@H]1CCC2(O)C3=CC(=O)C4CC(O)C(O)C[C@]4(C)[C@H]3CC[C@]12C. The molecule has 4 aliphatic carbocycles. The maximum atomic E-state index is 13.2. The van der Waals surface area contributed by atoms with E-state index in [1.807, 2.05) is 0 Å². The topological polar surface area (TPSA) is 118 Å². The quantitative estimate of drug-likeness (QED) is 0.427. The van der Waals surface area contributed by atoms with Crippen LogP contribution in [0.3, 0.4) is 0 Å². The number of aliphatic hydroxyl groups is 5. The second-order valence-corrected chi connectivity index (χ2v) is 12.9. The number of ketones is 1. The fraction of sp³-hybridized carbons (Fsp3) is 0.889. The summed E-state index contributed by atoms with van der Waals surface area (Å²) in [6, 6.07) is 0. The molecular weight excluding hydrogens is 420 g/mol. The second kappa shape index (κ2) is 8.12. The first-order valence-electron chi connectivity index (χ1n) is 12.9. The molecule has 0 radical (unpaired) electrons. The van der Waals surface area contributed by atoms with Crippen LogP contribution >= 0.6 is 0 Å². The zero-order chi connectivity index (χ0) is 24.6. The summed E-state index contributed by atoms with van der Waals surface area (Å²) in [4.78, 5) is 13.2. The number of hydrogen-bond acceptors (Lipinski definition) is 6. The normalized spacial score (nSPS) is 47.3. The van der Waals surface area contributed by atoms with Crippen LogP contribution in [-0.4, -0.2) is 60.8 Å². The van der Waals surface area contributed by atoms with E-state index in [1.165, 1.54) is 0 Å². The first-order chi connectivity index (χ1) is 15.1. The van der Waals surface area contributed by atoms with Crippen LogP contribution in [0.1, 0.15) is 86.0 Å². The van der Waals surface area contributed by atoms with Gasteiger partial charge in [-0.05, 0) is 100 Å². The molecule has 0 heterocycles. The van der Waals surface area contributed by atoms with E-state index in [-0.39, 0.29) is 35.9 Å². The monoisotopic (exact) mass is 464 g/mol. The highest BCUT2D eigenvalue weighted by atomic mass is 16.3. The minimum absolute atomic E-state index is 0.00888. The van der Waals surface area contributed by atoms with Crippen LogP contribution in [-0.2, 0) is 4.79 Å². The average Bonchev–Trinajstić information content (AvgIpc) is 2.99. The molecule has 4 rings (SSSR count). The van der Waals surface area contributed by atoms with Crippen molar-refractivity contribution in [1.29, 1.82) is 0 Å². The lowest BCUT2D eigenvalue weighted by Crippen LogP contribution is -2.61. The Balaban J connectivity index is 1.62. The van der Waals surface area contributed by atoms with E-state index in [0.717, 1.165) is 24.8 Å². The molecule has 0 bridgehead atoms. The molecule has 0 aromatic rings. The number of fused-ring (bicyclic) bond motifs is 5. The molecule has 0 aromatic carbocycles. The van der Waals surface area contributed by atoms with Crippen LogP contribution in [0.25, 0.3) is 0 Å². The van der Waals surface area contributed by atoms with Crippen molar-refractivity contribution in [2.24, 2.45) is 34.5 Å². The number of allylic oxidation sites excluding steroid dienone is 1. The molecule has 3 saturated carbocycles. The molecule has 3 fully saturated rings. The first kappa shape index (κ1) is 25.3. The molecule has 0 aliphatic heterocycles. The number of carbonyl (C=O) groups excluding carboxylic acids is 1. The summed E-state index contributed by atoms with van der Waals surface area (Å²) in [6.07, 6.45) is 4.06. The smallest absolute Gasteiger partial charge is 0.159 e. The van der Waals surface area contributed by atoms with Gasteiger partial charge < -0.3 is 25.5 Å². The van der Waals surface area contributed by atoms with Gasteiger partial charge in [0.05, 0.1) is 29.5 Å². The standard InChI is InChI=1S/C27H44O6/c1-15(20(28)8-9-24(2,3)32)16-7-11-27(33)18-12-21(29)19-13-22(30)23(31)14-25(19,4)17(18)6-10-26(16,27)5/h12,15-17,19-20,22-23,28,30-33H,6-11,13-14H2,1-5H3/t15-,16+,17-,19?,20?,22?,23?,25+,26+,27?/m0/s1. The maximum Gasteiger partial charge on any atom is 0.159 e. The zero-order valence-corrected chi connectivity index (χ0v) is 20.9. The van der Waals surface area contributed by atoms with Gasteiger partial charge in [0.25, 0.3) is 0 Å². The number of aliphatic hydroxyl groups excluding tert-OH is 3. The molecule has 5 unspecified atom stereocenters. The highest BCUT2D eigenvalue weighted by Gasteiger charge is 2.67. The molecule has 188 valence electrons. The minimum Gasteiger partial charge on any atom is -0.393 e. The largest absolute Gasteiger partial charge is 0.393 e. The zero-order valence-electron chi connectivity index (χ0n) is 20.9. The lowest BCUT2D eigenvalue weighted by molar-refractivity contribution is -0.154. The third-order valence-corrected chi connectivity index (χ3v) is 10.5. The lowest BCUT2D eigenvalue weighted by atomic mass is 9.46. The molecule has 33 heavy (non-hydrogen) atoms. The molecular formula is C27H44O6. The predicted molar refractivity (Wildman–Crippen MR) is 125 cm³/mol. The van der Waals surface area contributed by atoms with E-state index < -0.39 is 40.3 Å². The summed E-state index contributed by atoms with van der Waals surface area (Å²) in [7, 11) is 0. The summed E-state index contributed by atoms with van der Waals surface area (Å²) in [5.74, 6) is -0.264. The van der Waals surface area contributed by atoms with Crippen molar-refractivity contribution in [2.45, 2.75) is 115 Å². The molecule has 6 nitrogen and oxygen atoms in total. The van der Waals surface area contributed by atoms with Gasteiger partial charge in [-0.3, -0.25) is 4.79 Å². The summed E-state index contributed by atoms with van der Waals surface area (Å²) >= 11 is 0. The minimum atomic E-state index is -1.10. The van der Waals surface area contributed by atoms with Crippen LogP contribution in [0.5, 0.6) is 0 Å². The number of rotatable bonds is 5. The molecule has 0 aromatic heterocycles. The van der Waals surface area contributed by atoms with E-state index in [4.69, 9.17) is 0 Å². The fourth-order valence-electron chi connectivity index (χ4n) is 8.29. The summed E-state index contributed by atoms with van der Waals surface area (Å²) in [5, 5.41) is 53.9. The van der Waals surface area contributed by atoms with Crippen LogP contribution in [0.2, 0.25) is 0 Å². The van der Waals surface area contributed by atoms with E-state index in [2.05, 4.69) is 20.8 Å². The van der Waals surface area contributed by atoms with Gasteiger partial charge in [-0.25, -0.2) is 0 Å². The molecule has 6 heteroatoms. The molecule has 4 aliphatic rings. The Bertz CT molecular complexity index is 816. The Hall–Kier alpha value is -0.790. The third-order valence-electron chi connectivity index (χ3n) is 10.5. The average molecular weight is 465 g/mol. The molecule has 10 atom stereocenters. The van der Waals surface area contributed by atoms with Crippen molar-refractivity contribution >= 4 is 5.78 Å². The molecule has 0 spiro atoms. The van der Waals surface area contributed by atoms with Gasteiger partial charge in [0.15, 0.2) is 5.78 Å². The van der Waals surface area contributed by atoms with E-state index in [9.17, 15) is 30.3 Å². The summed E-state index contributed by atoms with van der Waals surface area (Å²) < 4.78 is 0. The first-order valence-corrected chi connectivity index (χ1v) is 12.9. The van der Waals surface area contributed by atoms with Gasteiger partial charge in [0.1, 0.15) is 0 Å². The van der Waals surface area contributed by atoms with E-state index in [0.29, 0.717) is 25.7 Å². The Morgan fingerprint density at radius 1 is 1.12 bits per heavy atom. The van der Waals surface area contributed by atoms with Gasteiger partial charge in [-0.1, -0.05) is 20.8 Å². The van der Waals surface area contributed by atoms with Crippen molar-refractivity contribution < 1.29 is 30.3 Å². The Labute approximate surface area is 198 Å². The van der Waals surface area contributed by atoms with E-state index in [1.54, 1.807) is 19.9 Å². The Kier molecular flexibility index (Phi) is 6.23. The van der Waals surface area contributed by atoms with Crippen LogP contribution in [0, 0.1) is 34.5 Å². The van der Waals surface area contributed by atoms with Crippen LogP contribution in [0.4, 0.5) is 0 Å². The fourth-order valence-corrected chi connectivity index (χ4v) is 8.29. The van der Waals surface area contributed by atoms with Gasteiger partial charge in [0.2, 0.25) is 0 Å². The second-order valence-electron chi connectivity index (χ2n) is 12.9. The summed E-state index contributed by atoms with van der Waals surface area (Å²) in [5.41, 5.74) is -2.01.